The monoisotopic (exact) mass is 269 g/mol. The molecule has 0 aliphatic rings. The summed E-state index contributed by atoms with van der Waals surface area (Å²) in [5.41, 5.74) is 1.88. The van der Waals surface area contributed by atoms with Crippen LogP contribution in [0.3, 0.4) is 0 Å². The summed E-state index contributed by atoms with van der Waals surface area (Å²) in [6, 6.07) is 1.94. The fraction of sp³-hybridized carbons (Fsp3) is 0.714. The summed E-state index contributed by atoms with van der Waals surface area (Å²) in [7, 11) is 0. The summed E-state index contributed by atoms with van der Waals surface area (Å²) in [6.07, 6.45) is 0. The van der Waals surface area contributed by atoms with E-state index in [9.17, 15) is 0 Å². The number of hydrogen-bond acceptors (Lipinski definition) is 3. The van der Waals surface area contributed by atoms with Crippen LogP contribution in [0.4, 0.5) is 5.95 Å². The number of halogens is 1. The molecule has 0 amide bonds. The smallest absolute Gasteiger partial charge is 0.225 e. The minimum absolute atomic E-state index is 0.438. The lowest BCUT2D eigenvalue weighted by molar-refractivity contribution is 0.543. The zero-order valence-electron chi connectivity index (χ0n) is 12.1. The molecule has 0 saturated carbocycles. The summed E-state index contributed by atoms with van der Waals surface area (Å²) in [5, 5.41) is 0. The molecule has 18 heavy (non-hydrogen) atoms. The second-order valence-electron chi connectivity index (χ2n) is 5.63. The quantitative estimate of drug-likeness (QED) is 0.739. The largest absolute Gasteiger partial charge is 0.340 e. The molecule has 102 valence electrons. The van der Waals surface area contributed by atoms with Crippen LogP contribution in [0.5, 0.6) is 0 Å². The molecule has 0 saturated heterocycles. The third kappa shape index (κ3) is 4.81. The molecule has 1 rings (SSSR count). The van der Waals surface area contributed by atoms with E-state index in [1.165, 1.54) is 0 Å². The molecule has 4 heteroatoms. The minimum atomic E-state index is 0.438. The fourth-order valence-corrected chi connectivity index (χ4v) is 2.08. The molecule has 0 aliphatic heterocycles. The molecule has 0 spiro atoms. The van der Waals surface area contributed by atoms with Gasteiger partial charge in [-0.2, -0.15) is 0 Å². The first-order valence-electron chi connectivity index (χ1n) is 6.57. The van der Waals surface area contributed by atoms with Gasteiger partial charge in [0.15, 0.2) is 0 Å². The highest BCUT2D eigenvalue weighted by molar-refractivity contribution is 6.16. The average Bonchev–Trinajstić information content (AvgIpc) is 2.26. The van der Waals surface area contributed by atoms with E-state index < -0.39 is 0 Å². The Kier molecular flexibility index (Phi) is 5.86. The summed E-state index contributed by atoms with van der Waals surface area (Å²) < 4.78 is 0. The van der Waals surface area contributed by atoms with Gasteiger partial charge in [-0.25, -0.2) is 9.97 Å². The molecule has 3 nitrogen and oxygen atoms in total. The lowest BCUT2D eigenvalue weighted by atomic mass is 10.1. The highest BCUT2D eigenvalue weighted by atomic mass is 35.5. The first-order chi connectivity index (χ1) is 8.42. The number of hydrogen-bond donors (Lipinski definition) is 0. The van der Waals surface area contributed by atoms with Crippen molar-refractivity contribution in [2.75, 3.05) is 18.0 Å². The lowest BCUT2D eigenvalue weighted by Crippen LogP contribution is -2.33. The minimum Gasteiger partial charge on any atom is -0.340 e. The Labute approximate surface area is 116 Å². The van der Waals surface area contributed by atoms with Crippen LogP contribution in [0.15, 0.2) is 6.07 Å². The Morgan fingerprint density at radius 2 is 1.67 bits per heavy atom. The summed E-state index contributed by atoms with van der Waals surface area (Å²) in [4.78, 5) is 11.3. The number of aromatic nitrogens is 2. The van der Waals surface area contributed by atoms with Crippen LogP contribution in [0.1, 0.15) is 39.1 Å². The van der Waals surface area contributed by atoms with E-state index in [4.69, 9.17) is 11.6 Å². The van der Waals surface area contributed by atoms with Crippen LogP contribution in [-0.4, -0.2) is 23.1 Å². The molecule has 1 heterocycles. The Morgan fingerprint density at radius 1 is 1.11 bits per heavy atom. The molecule has 0 radical (unpaired) electrons. The van der Waals surface area contributed by atoms with Crippen molar-refractivity contribution in [1.82, 2.24) is 9.97 Å². The second-order valence-corrected chi connectivity index (χ2v) is 5.89. The van der Waals surface area contributed by atoms with E-state index >= 15 is 0 Å². The standard InChI is InChI=1S/C14H24ClN3/c1-10(2)8-18(9-11(3)4)14-16-12(5)6-13(7-15)17-14/h6,10-11H,7-9H2,1-5H3. The second kappa shape index (κ2) is 6.93. The Morgan fingerprint density at radius 3 is 2.11 bits per heavy atom. The molecule has 1 aromatic rings. The third-order valence-corrected chi connectivity index (χ3v) is 2.76. The van der Waals surface area contributed by atoms with Crippen LogP contribution in [0.2, 0.25) is 0 Å². The maximum atomic E-state index is 5.88. The SMILES string of the molecule is Cc1cc(CCl)nc(N(CC(C)C)CC(C)C)n1. The van der Waals surface area contributed by atoms with Gasteiger partial charge in [-0.15, -0.1) is 11.6 Å². The normalized spacial score (nSPS) is 11.3. The predicted molar refractivity (Wildman–Crippen MR) is 78.2 cm³/mol. The van der Waals surface area contributed by atoms with Crippen molar-refractivity contribution in [2.24, 2.45) is 11.8 Å². The summed E-state index contributed by atoms with van der Waals surface area (Å²) in [5.74, 6) is 2.43. The van der Waals surface area contributed by atoms with Crippen molar-refractivity contribution < 1.29 is 0 Å². The zero-order valence-corrected chi connectivity index (χ0v) is 12.8. The van der Waals surface area contributed by atoms with Gasteiger partial charge < -0.3 is 4.90 Å². The van der Waals surface area contributed by atoms with Gasteiger partial charge in [0.25, 0.3) is 0 Å². The van der Waals surface area contributed by atoms with Crippen molar-refractivity contribution in [3.63, 3.8) is 0 Å². The highest BCUT2D eigenvalue weighted by Gasteiger charge is 2.14. The van der Waals surface area contributed by atoms with Crippen molar-refractivity contribution in [3.8, 4) is 0 Å². The lowest BCUT2D eigenvalue weighted by Gasteiger charge is -2.26. The molecule has 0 unspecified atom stereocenters. The van der Waals surface area contributed by atoms with Crippen molar-refractivity contribution in [1.29, 1.82) is 0 Å². The Hall–Kier alpha value is -0.830. The Balaban J connectivity index is 2.99. The van der Waals surface area contributed by atoms with Gasteiger partial charge in [-0.05, 0) is 24.8 Å². The van der Waals surface area contributed by atoms with Gasteiger partial charge in [0.05, 0.1) is 11.6 Å². The van der Waals surface area contributed by atoms with E-state index in [1.54, 1.807) is 0 Å². The van der Waals surface area contributed by atoms with Gasteiger partial charge in [0.2, 0.25) is 5.95 Å². The third-order valence-electron chi connectivity index (χ3n) is 2.49. The average molecular weight is 270 g/mol. The molecule has 0 N–H and O–H groups in total. The van der Waals surface area contributed by atoms with Gasteiger partial charge in [-0.3, -0.25) is 0 Å². The topological polar surface area (TPSA) is 29.0 Å². The van der Waals surface area contributed by atoms with Crippen LogP contribution < -0.4 is 4.90 Å². The molecule has 0 atom stereocenters. The number of anilines is 1. The van der Waals surface area contributed by atoms with E-state index in [1.807, 2.05) is 13.0 Å². The van der Waals surface area contributed by atoms with Crippen LogP contribution >= 0.6 is 11.6 Å². The molecule has 0 aromatic carbocycles. The highest BCUT2D eigenvalue weighted by Crippen LogP contribution is 2.15. The van der Waals surface area contributed by atoms with Crippen LogP contribution in [-0.2, 0) is 5.88 Å². The van der Waals surface area contributed by atoms with Crippen molar-refractivity contribution in [3.05, 3.63) is 17.5 Å². The van der Waals surface area contributed by atoms with Crippen LogP contribution in [0, 0.1) is 18.8 Å². The zero-order chi connectivity index (χ0) is 13.7. The van der Waals surface area contributed by atoms with E-state index in [0.717, 1.165) is 30.4 Å². The first-order valence-corrected chi connectivity index (χ1v) is 7.11. The number of alkyl halides is 1. The van der Waals surface area contributed by atoms with Gasteiger partial charge in [0, 0.05) is 18.8 Å². The number of aryl methyl sites for hydroxylation is 1. The molecule has 0 fully saturated rings. The molecule has 0 aliphatic carbocycles. The predicted octanol–water partition coefficient (Wildman–Crippen LogP) is 3.64. The molecule has 1 aromatic heterocycles. The van der Waals surface area contributed by atoms with E-state index in [-0.39, 0.29) is 0 Å². The first kappa shape index (κ1) is 15.2. The van der Waals surface area contributed by atoms with E-state index in [2.05, 4.69) is 42.6 Å². The summed E-state index contributed by atoms with van der Waals surface area (Å²) in [6.45, 7) is 12.8. The van der Waals surface area contributed by atoms with Gasteiger partial charge in [-0.1, -0.05) is 27.7 Å². The number of nitrogens with zero attached hydrogens (tertiary/aromatic N) is 3. The maximum Gasteiger partial charge on any atom is 0.225 e. The Bertz CT molecular complexity index is 367. The van der Waals surface area contributed by atoms with Gasteiger partial charge >= 0.3 is 0 Å². The fourth-order valence-electron chi connectivity index (χ4n) is 1.95. The summed E-state index contributed by atoms with van der Waals surface area (Å²) >= 11 is 5.88. The van der Waals surface area contributed by atoms with Crippen molar-refractivity contribution in [2.45, 2.75) is 40.5 Å². The van der Waals surface area contributed by atoms with E-state index in [0.29, 0.717) is 17.7 Å². The molecule has 0 bridgehead atoms. The van der Waals surface area contributed by atoms with Crippen LogP contribution in [0.25, 0.3) is 0 Å². The van der Waals surface area contributed by atoms with Crippen molar-refractivity contribution >= 4 is 17.5 Å². The molecular formula is C14H24ClN3. The molecular weight excluding hydrogens is 246 g/mol. The van der Waals surface area contributed by atoms with Gasteiger partial charge in [0.1, 0.15) is 0 Å². The number of rotatable bonds is 6. The maximum absolute atomic E-state index is 5.88.